The standard InChI is InChI=1S/C28H36F2O/c1-2-3-4-5-20-6-7-26-19-25(13-12-24(26)18-20)23-10-8-21(9-11-23)22-14-16-27(17-15-22)31-28(29)30/h8-11,14-17,20,24-26,28H,2-7,12-13,18-19H2,1H3/t20?,24-,25-,26-/m1/s1. The Labute approximate surface area is 186 Å². The predicted octanol–water partition coefficient (Wildman–Crippen LogP) is 8.84. The summed E-state index contributed by atoms with van der Waals surface area (Å²) in [6.07, 6.45) is 14.0. The summed E-state index contributed by atoms with van der Waals surface area (Å²) in [4.78, 5) is 0. The van der Waals surface area contributed by atoms with E-state index < -0.39 is 6.61 Å². The second-order valence-electron chi connectivity index (χ2n) is 9.73. The van der Waals surface area contributed by atoms with Crippen LogP contribution in [0.1, 0.15) is 82.6 Å². The molecule has 4 atom stereocenters. The lowest BCUT2D eigenvalue weighted by atomic mass is 9.63. The van der Waals surface area contributed by atoms with Gasteiger partial charge in [0.2, 0.25) is 0 Å². The highest BCUT2D eigenvalue weighted by Gasteiger charge is 2.35. The van der Waals surface area contributed by atoms with E-state index in [2.05, 4.69) is 35.9 Å². The van der Waals surface area contributed by atoms with Crippen LogP contribution in [-0.2, 0) is 0 Å². The Balaban J connectivity index is 1.32. The molecule has 168 valence electrons. The lowest BCUT2D eigenvalue weighted by Gasteiger charge is -2.42. The van der Waals surface area contributed by atoms with Crippen molar-refractivity contribution in [1.29, 1.82) is 0 Å². The van der Waals surface area contributed by atoms with Crippen LogP contribution in [0.15, 0.2) is 48.5 Å². The van der Waals surface area contributed by atoms with Gasteiger partial charge < -0.3 is 4.74 Å². The molecule has 3 heteroatoms. The van der Waals surface area contributed by atoms with Gasteiger partial charge in [0.05, 0.1) is 0 Å². The molecule has 0 bridgehead atoms. The Hall–Kier alpha value is -1.90. The molecule has 0 aromatic heterocycles. The Morgan fingerprint density at radius 1 is 0.806 bits per heavy atom. The van der Waals surface area contributed by atoms with E-state index in [0.29, 0.717) is 5.92 Å². The van der Waals surface area contributed by atoms with E-state index >= 15 is 0 Å². The summed E-state index contributed by atoms with van der Waals surface area (Å²) < 4.78 is 29.1. The number of halogens is 2. The van der Waals surface area contributed by atoms with Crippen molar-refractivity contribution in [2.45, 2.75) is 83.7 Å². The molecule has 0 radical (unpaired) electrons. The SMILES string of the molecule is CCCCCC1CC[C@@H]2C[C@H](c3ccc(-c4ccc(OC(F)F)cc4)cc3)CC[C@@H]2C1. The first kappa shape index (κ1) is 22.3. The molecule has 1 nitrogen and oxygen atoms in total. The van der Waals surface area contributed by atoms with E-state index in [9.17, 15) is 8.78 Å². The summed E-state index contributed by atoms with van der Waals surface area (Å²) in [7, 11) is 0. The first-order chi connectivity index (χ1) is 15.1. The van der Waals surface area contributed by atoms with Gasteiger partial charge in [0.15, 0.2) is 0 Å². The van der Waals surface area contributed by atoms with Crippen LogP contribution < -0.4 is 4.74 Å². The molecule has 0 saturated heterocycles. The zero-order valence-electron chi connectivity index (χ0n) is 18.7. The quantitative estimate of drug-likeness (QED) is 0.383. The lowest BCUT2D eigenvalue weighted by molar-refractivity contribution is -0.0498. The van der Waals surface area contributed by atoms with Crippen LogP contribution in [0.3, 0.4) is 0 Å². The van der Waals surface area contributed by atoms with Gasteiger partial charge in [0.25, 0.3) is 0 Å². The number of benzene rings is 2. The summed E-state index contributed by atoms with van der Waals surface area (Å²) in [5, 5.41) is 0. The number of hydrogen-bond acceptors (Lipinski definition) is 1. The highest BCUT2D eigenvalue weighted by Crippen LogP contribution is 2.48. The van der Waals surface area contributed by atoms with Crippen molar-refractivity contribution in [3.8, 4) is 16.9 Å². The van der Waals surface area contributed by atoms with Gasteiger partial charge in [-0.05, 0) is 84.6 Å². The summed E-state index contributed by atoms with van der Waals surface area (Å²) in [6.45, 7) is -0.483. The molecule has 2 fully saturated rings. The number of ether oxygens (including phenoxy) is 1. The Kier molecular flexibility index (Phi) is 7.63. The summed E-state index contributed by atoms with van der Waals surface area (Å²) in [5.74, 6) is 3.76. The highest BCUT2D eigenvalue weighted by molar-refractivity contribution is 5.64. The first-order valence-corrected chi connectivity index (χ1v) is 12.3. The summed E-state index contributed by atoms with van der Waals surface area (Å²) >= 11 is 0. The van der Waals surface area contributed by atoms with E-state index in [4.69, 9.17) is 0 Å². The van der Waals surface area contributed by atoms with Crippen molar-refractivity contribution in [3.63, 3.8) is 0 Å². The molecule has 2 aromatic carbocycles. The molecule has 31 heavy (non-hydrogen) atoms. The molecule has 0 aliphatic heterocycles. The fraction of sp³-hybridized carbons (Fsp3) is 0.571. The molecule has 2 aromatic rings. The minimum atomic E-state index is -2.78. The molecule has 2 aliphatic carbocycles. The maximum atomic E-state index is 12.3. The van der Waals surface area contributed by atoms with E-state index in [1.807, 2.05) is 12.1 Å². The van der Waals surface area contributed by atoms with Crippen molar-refractivity contribution in [1.82, 2.24) is 0 Å². The third kappa shape index (κ3) is 5.87. The molecule has 2 aliphatic rings. The minimum absolute atomic E-state index is 0.201. The zero-order chi connectivity index (χ0) is 21.6. The van der Waals surface area contributed by atoms with Gasteiger partial charge in [0.1, 0.15) is 5.75 Å². The van der Waals surface area contributed by atoms with E-state index in [1.165, 1.54) is 69.8 Å². The zero-order valence-corrected chi connectivity index (χ0v) is 18.7. The van der Waals surface area contributed by atoms with Gasteiger partial charge in [-0.25, -0.2) is 0 Å². The van der Waals surface area contributed by atoms with Crippen LogP contribution in [-0.4, -0.2) is 6.61 Å². The maximum absolute atomic E-state index is 12.3. The van der Waals surface area contributed by atoms with E-state index in [0.717, 1.165) is 28.9 Å². The number of rotatable bonds is 8. The predicted molar refractivity (Wildman–Crippen MR) is 124 cm³/mol. The average molecular weight is 427 g/mol. The molecule has 0 N–H and O–H groups in total. The van der Waals surface area contributed by atoms with Gasteiger partial charge in [-0.15, -0.1) is 0 Å². The van der Waals surface area contributed by atoms with Crippen molar-refractivity contribution in [3.05, 3.63) is 54.1 Å². The maximum Gasteiger partial charge on any atom is 0.387 e. The van der Waals surface area contributed by atoms with Gasteiger partial charge in [-0.1, -0.05) is 75.4 Å². The molecule has 1 unspecified atom stereocenters. The topological polar surface area (TPSA) is 9.23 Å². The van der Waals surface area contributed by atoms with Crippen LogP contribution in [0, 0.1) is 17.8 Å². The molecule has 0 amide bonds. The van der Waals surface area contributed by atoms with Crippen molar-refractivity contribution >= 4 is 0 Å². The molecule has 4 rings (SSSR count). The third-order valence-electron chi connectivity index (χ3n) is 7.73. The Morgan fingerprint density at radius 2 is 1.45 bits per heavy atom. The minimum Gasteiger partial charge on any atom is -0.435 e. The van der Waals surface area contributed by atoms with Gasteiger partial charge in [0, 0.05) is 0 Å². The Bertz CT molecular complexity index is 799. The summed E-state index contributed by atoms with van der Waals surface area (Å²) in [6, 6.07) is 15.8. The summed E-state index contributed by atoms with van der Waals surface area (Å²) in [5.41, 5.74) is 3.61. The molecule has 0 spiro atoms. The molecule has 0 heterocycles. The van der Waals surface area contributed by atoms with E-state index in [-0.39, 0.29) is 5.75 Å². The lowest BCUT2D eigenvalue weighted by Crippen LogP contribution is -2.30. The average Bonchev–Trinajstić information content (AvgIpc) is 2.79. The monoisotopic (exact) mass is 426 g/mol. The van der Waals surface area contributed by atoms with Crippen LogP contribution in [0.4, 0.5) is 8.78 Å². The first-order valence-electron chi connectivity index (χ1n) is 12.3. The fourth-order valence-corrected chi connectivity index (χ4v) is 6.01. The van der Waals surface area contributed by atoms with Crippen LogP contribution >= 0.6 is 0 Å². The van der Waals surface area contributed by atoms with Crippen molar-refractivity contribution < 1.29 is 13.5 Å². The second-order valence-corrected chi connectivity index (χ2v) is 9.73. The molecular formula is C28H36F2O. The molecule has 2 saturated carbocycles. The smallest absolute Gasteiger partial charge is 0.387 e. The number of hydrogen-bond donors (Lipinski definition) is 0. The van der Waals surface area contributed by atoms with Gasteiger partial charge >= 0.3 is 6.61 Å². The largest absolute Gasteiger partial charge is 0.435 e. The van der Waals surface area contributed by atoms with Crippen LogP contribution in [0.25, 0.3) is 11.1 Å². The number of unbranched alkanes of at least 4 members (excludes halogenated alkanes) is 2. The second kappa shape index (κ2) is 10.6. The third-order valence-corrected chi connectivity index (χ3v) is 7.73. The van der Waals surface area contributed by atoms with Gasteiger partial charge in [-0.3, -0.25) is 0 Å². The molecular weight excluding hydrogens is 390 g/mol. The number of fused-ring (bicyclic) bond motifs is 1. The normalized spacial score (nSPS) is 25.9. The van der Waals surface area contributed by atoms with Crippen molar-refractivity contribution in [2.24, 2.45) is 17.8 Å². The van der Waals surface area contributed by atoms with E-state index in [1.54, 1.807) is 12.1 Å². The Morgan fingerprint density at radius 3 is 2.13 bits per heavy atom. The van der Waals surface area contributed by atoms with Crippen LogP contribution in [0.5, 0.6) is 5.75 Å². The van der Waals surface area contributed by atoms with Crippen LogP contribution in [0.2, 0.25) is 0 Å². The van der Waals surface area contributed by atoms with Crippen molar-refractivity contribution in [2.75, 3.05) is 0 Å². The fourth-order valence-electron chi connectivity index (χ4n) is 6.01. The van der Waals surface area contributed by atoms with Gasteiger partial charge in [-0.2, -0.15) is 8.78 Å². The number of alkyl halides is 2. The highest BCUT2D eigenvalue weighted by atomic mass is 19.3.